The third-order valence-electron chi connectivity index (χ3n) is 6.19. The number of benzene rings is 2. The highest BCUT2D eigenvalue weighted by Crippen LogP contribution is 2.29. The number of hydrogen-bond donors (Lipinski definition) is 1. The number of ketones is 1. The number of nitrogens with zero attached hydrogens (tertiary/aromatic N) is 2. The van der Waals surface area contributed by atoms with Crippen molar-refractivity contribution in [3.63, 3.8) is 0 Å². The van der Waals surface area contributed by atoms with Gasteiger partial charge in [0, 0.05) is 18.7 Å². The van der Waals surface area contributed by atoms with E-state index in [4.69, 9.17) is 11.6 Å². The predicted molar refractivity (Wildman–Crippen MR) is 143 cm³/mol. The monoisotopic (exact) mass is 559 g/mol. The molecule has 1 aliphatic carbocycles. The van der Waals surface area contributed by atoms with Gasteiger partial charge in [0.05, 0.1) is 20.9 Å². The Morgan fingerprint density at radius 2 is 1.97 bits per heavy atom. The lowest BCUT2D eigenvalue weighted by molar-refractivity contribution is -0.116. The molecule has 2 heterocycles. The molecular formula is C26H23ClFN3O4S2. The van der Waals surface area contributed by atoms with Crippen molar-refractivity contribution in [2.45, 2.75) is 30.4 Å². The van der Waals surface area contributed by atoms with Crippen LogP contribution in [-0.2, 0) is 21.1 Å². The van der Waals surface area contributed by atoms with Gasteiger partial charge in [-0.05, 0) is 73.7 Å². The molecule has 0 atom stereocenters. The zero-order valence-electron chi connectivity index (χ0n) is 19.8. The highest BCUT2D eigenvalue weighted by Gasteiger charge is 2.23. The molecule has 1 saturated carbocycles. The smallest absolute Gasteiger partial charge is 0.266 e. The van der Waals surface area contributed by atoms with Crippen LogP contribution < -0.4 is 10.9 Å². The van der Waals surface area contributed by atoms with Gasteiger partial charge in [-0.2, -0.15) is 0 Å². The average molecular weight is 560 g/mol. The van der Waals surface area contributed by atoms with Crippen molar-refractivity contribution in [2.75, 3.05) is 17.6 Å². The Morgan fingerprint density at radius 3 is 2.65 bits per heavy atom. The van der Waals surface area contributed by atoms with Crippen LogP contribution in [0.25, 0.3) is 16.6 Å². The highest BCUT2D eigenvalue weighted by molar-refractivity contribution is 7.94. The maximum atomic E-state index is 15.2. The van der Waals surface area contributed by atoms with Gasteiger partial charge in [0.2, 0.25) is 0 Å². The highest BCUT2D eigenvalue weighted by atomic mass is 35.5. The fraction of sp³-hybridized carbons (Fsp3) is 0.269. The molecule has 0 bridgehead atoms. The quantitative estimate of drug-likeness (QED) is 0.311. The van der Waals surface area contributed by atoms with Gasteiger partial charge >= 0.3 is 0 Å². The molecule has 1 N–H and O–H groups in total. The molecule has 1 fully saturated rings. The summed E-state index contributed by atoms with van der Waals surface area (Å²) in [6.45, 7) is 2.51. The number of carbonyl (C=O) groups is 1. The van der Waals surface area contributed by atoms with Gasteiger partial charge in [-0.3, -0.25) is 14.2 Å². The lowest BCUT2D eigenvalue weighted by atomic mass is 10.1. The Bertz CT molecular complexity index is 1690. The number of rotatable bonds is 9. The summed E-state index contributed by atoms with van der Waals surface area (Å²) in [4.78, 5) is 30.2. The first-order valence-electron chi connectivity index (χ1n) is 11.7. The van der Waals surface area contributed by atoms with Crippen LogP contribution in [0.3, 0.4) is 0 Å². The lowest BCUT2D eigenvalue weighted by Gasteiger charge is -2.13. The predicted octanol–water partition coefficient (Wildman–Crippen LogP) is 4.96. The first kappa shape index (κ1) is 25.6. The maximum absolute atomic E-state index is 15.2. The maximum Gasteiger partial charge on any atom is 0.266 e. The molecule has 11 heteroatoms. The number of aromatic nitrogens is 2. The zero-order valence-corrected chi connectivity index (χ0v) is 22.2. The van der Waals surface area contributed by atoms with Crippen molar-refractivity contribution in [1.29, 1.82) is 0 Å². The molecule has 5 rings (SSSR count). The zero-order chi connectivity index (χ0) is 26.3. The molecule has 4 aromatic rings. The van der Waals surface area contributed by atoms with Crippen LogP contribution in [0.2, 0.25) is 4.34 Å². The fourth-order valence-corrected chi connectivity index (χ4v) is 6.95. The van der Waals surface area contributed by atoms with Gasteiger partial charge in [0.25, 0.3) is 5.56 Å². The van der Waals surface area contributed by atoms with Crippen LogP contribution in [0.1, 0.15) is 24.2 Å². The van der Waals surface area contributed by atoms with Gasteiger partial charge in [-0.15, -0.1) is 11.3 Å². The largest absolute Gasteiger partial charge is 0.385 e. The van der Waals surface area contributed by atoms with Crippen molar-refractivity contribution in [3.05, 3.63) is 80.4 Å². The number of fused-ring (bicyclic) bond motifs is 1. The fourth-order valence-electron chi connectivity index (χ4n) is 4.14. The van der Waals surface area contributed by atoms with Crippen molar-refractivity contribution in [2.24, 2.45) is 5.92 Å². The summed E-state index contributed by atoms with van der Waals surface area (Å²) in [7, 11) is -3.83. The van der Waals surface area contributed by atoms with Gasteiger partial charge in [0.15, 0.2) is 15.6 Å². The Hall–Kier alpha value is -3.08. The topological polar surface area (TPSA) is 98.1 Å². The summed E-state index contributed by atoms with van der Waals surface area (Å²) in [5.74, 6) is -0.988. The van der Waals surface area contributed by atoms with Crippen molar-refractivity contribution in [1.82, 2.24) is 9.55 Å². The molecule has 0 spiro atoms. The molecule has 1 aliphatic rings. The molecule has 7 nitrogen and oxygen atoms in total. The molecule has 0 amide bonds. The number of anilines is 1. The summed E-state index contributed by atoms with van der Waals surface area (Å²) in [6, 6.07) is 12.2. The number of aryl methyl sites for hydroxylation is 1. The molecule has 0 saturated heterocycles. The Morgan fingerprint density at radius 1 is 1.19 bits per heavy atom. The molecule has 37 heavy (non-hydrogen) atoms. The molecule has 2 aromatic carbocycles. The number of thiophene rings is 1. The number of halogens is 2. The van der Waals surface area contributed by atoms with Crippen molar-refractivity contribution >= 4 is 55.1 Å². The minimum absolute atomic E-state index is 0.00452. The molecule has 0 aliphatic heterocycles. The lowest BCUT2D eigenvalue weighted by Crippen LogP contribution is -2.23. The molecule has 2 aromatic heterocycles. The second-order valence-electron chi connectivity index (χ2n) is 9.17. The number of Topliss-reactive ketones (excluding diaryl/α,β-unsaturated/α-hetero) is 1. The minimum atomic E-state index is -3.83. The first-order chi connectivity index (χ1) is 17.6. The van der Waals surface area contributed by atoms with Gasteiger partial charge in [0.1, 0.15) is 21.6 Å². The minimum Gasteiger partial charge on any atom is -0.385 e. The van der Waals surface area contributed by atoms with Crippen LogP contribution in [0, 0.1) is 18.7 Å². The van der Waals surface area contributed by atoms with E-state index in [1.54, 1.807) is 13.0 Å². The number of sulfone groups is 1. The van der Waals surface area contributed by atoms with Crippen LogP contribution in [0.4, 0.5) is 10.1 Å². The Balaban J connectivity index is 1.37. The number of hydrogen-bond acceptors (Lipinski definition) is 7. The third kappa shape index (κ3) is 5.61. The van der Waals surface area contributed by atoms with Gasteiger partial charge in [-0.25, -0.2) is 17.8 Å². The van der Waals surface area contributed by atoms with E-state index >= 15 is 4.39 Å². The summed E-state index contributed by atoms with van der Waals surface area (Å²) in [5.41, 5.74) is 1.31. The van der Waals surface area contributed by atoms with E-state index in [1.807, 2.05) is 12.1 Å². The number of carbonyl (C=O) groups excluding carboxylic acids is 1. The van der Waals surface area contributed by atoms with Crippen LogP contribution in [-0.4, -0.2) is 36.0 Å². The van der Waals surface area contributed by atoms with Crippen molar-refractivity contribution in [3.8, 4) is 5.69 Å². The average Bonchev–Trinajstić information content (AvgIpc) is 3.55. The molecular weight excluding hydrogens is 537 g/mol. The molecule has 192 valence electrons. The summed E-state index contributed by atoms with van der Waals surface area (Å²) in [6.07, 6.45) is 2.19. The van der Waals surface area contributed by atoms with Crippen LogP contribution in [0.15, 0.2) is 57.5 Å². The van der Waals surface area contributed by atoms with E-state index in [0.717, 1.165) is 29.6 Å². The second-order valence-corrected chi connectivity index (χ2v) is 13.1. The normalized spacial score (nSPS) is 13.7. The molecule has 0 radical (unpaired) electrons. The summed E-state index contributed by atoms with van der Waals surface area (Å²) >= 11 is 6.68. The Kier molecular flexibility index (Phi) is 6.91. The summed E-state index contributed by atoms with van der Waals surface area (Å²) < 4.78 is 41.5. The first-order valence-corrected chi connectivity index (χ1v) is 14.5. The van der Waals surface area contributed by atoms with E-state index in [1.165, 1.54) is 41.7 Å². The third-order valence-corrected chi connectivity index (χ3v) is 9.68. The van der Waals surface area contributed by atoms with E-state index in [0.29, 0.717) is 32.5 Å². The van der Waals surface area contributed by atoms with Crippen molar-refractivity contribution < 1.29 is 17.6 Å². The van der Waals surface area contributed by atoms with E-state index < -0.39 is 32.7 Å². The Labute approximate surface area is 221 Å². The molecule has 0 unspecified atom stereocenters. The van der Waals surface area contributed by atoms with E-state index in [2.05, 4.69) is 10.3 Å². The second kappa shape index (κ2) is 10.00. The standard InChI is InChI=1S/C26H23ClFN3O4S2/c1-15-30-22-12-18(29-13-16-2-3-16)5-6-20(22)26(33)31(15)23-7-4-17(11-21(23)28)10-19(32)14-37(34,35)25-9-8-24(27)36-25/h4-9,11-12,16,29H,2-3,10,13-14H2,1H3. The van der Waals surface area contributed by atoms with Gasteiger partial charge < -0.3 is 5.32 Å². The SMILES string of the molecule is Cc1nc2cc(NCC3CC3)ccc2c(=O)n1-c1ccc(CC(=O)CS(=O)(=O)c2ccc(Cl)s2)cc1F. The van der Waals surface area contributed by atoms with E-state index in [9.17, 15) is 18.0 Å². The number of nitrogens with one attached hydrogen (secondary N) is 1. The van der Waals surface area contributed by atoms with Crippen LogP contribution >= 0.6 is 22.9 Å². The van der Waals surface area contributed by atoms with Crippen LogP contribution in [0.5, 0.6) is 0 Å². The summed E-state index contributed by atoms with van der Waals surface area (Å²) in [5, 5.41) is 3.72. The van der Waals surface area contributed by atoms with E-state index in [-0.39, 0.29) is 16.3 Å². The van der Waals surface area contributed by atoms with Gasteiger partial charge in [-0.1, -0.05) is 17.7 Å².